The Balaban J connectivity index is 1.28. The van der Waals surface area contributed by atoms with E-state index in [4.69, 9.17) is 0 Å². The van der Waals surface area contributed by atoms with E-state index >= 15 is 0 Å². The van der Waals surface area contributed by atoms with Crippen molar-refractivity contribution in [2.24, 2.45) is 0 Å². The molecule has 0 aromatic heterocycles. The molecule has 9 rings (SSSR count). The van der Waals surface area contributed by atoms with Crippen molar-refractivity contribution in [3.05, 3.63) is 175 Å². The Kier molecular flexibility index (Phi) is 5.92. The lowest BCUT2D eigenvalue weighted by molar-refractivity contribution is 0.660. The quantitative estimate of drug-likeness (QED) is 0.185. The molecule has 1 aliphatic rings. The van der Waals surface area contributed by atoms with Crippen LogP contribution in [0.5, 0.6) is 0 Å². The molecule has 1 nitrogen and oxygen atoms in total. The normalized spacial score (nSPS) is 13.2. The number of hydrogen-bond acceptors (Lipinski definition) is 1. The highest BCUT2D eigenvalue weighted by Crippen LogP contribution is 2.51. The van der Waals surface area contributed by atoms with E-state index in [2.05, 4.69) is 183 Å². The van der Waals surface area contributed by atoms with Gasteiger partial charge < -0.3 is 4.90 Å². The lowest BCUT2D eigenvalue weighted by Gasteiger charge is -2.29. The summed E-state index contributed by atoms with van der Waals surface area (Å²) in [5.41, 5.74) is 11.2. The Morgan fingerprint density at radius 1 is 0.391 bits per heavy atom. The standard InChI is InChI=1S/C45H33N/c1-45(2)42-18-10-8-17-40(42)41-29-34(23-27-43(41)45)46(44-19-11-9-16-37(44)30-12-4-3-5-13-30)33-22-26-36-32(28-33)21-25-38-35-15-7-6-14-31(35)20-24-39(36)38/h3-29H,1-2H3. The molecule has 1 aliphatic carbocycles. The summed E-state index contributed by atoms with van der Waals surface area (Å²) in [6.45, 7) is 4.69. The predicted molar refractivity (Wildman–Crippen MR) is 197 cm³/mol. The highest BCUT2D eigenvalue weighted by Gasteiger charge is 2.35. The van der Waals surface area contributed by atoms with E-state index in [9.17, 15) is 0 Å². The van der Waals surface area contributed by atoms with Crippen LogP contribution in [0, 0.1) is 0 Å². The number of nitrogens with zero attached hydrogens (tertiary/aromatic N) is 1. The number of anilines is 3. The number of hydrogen-bond donors (Lipinski definition) is 0. The van der Waals surface area contributed by atoms with E-state index in [0.29, 0.717) is 0 Å². The van der Waals surface area contributed by atoms with Gasteiger partial charge in [0.25, 0.3) is 0 Å². The lowest BCUT2D eigenvalue weighted by Crippen LogP contribution is -2.15. The molecule has 8 aromatic carbocycles. The fourth-order valence-corrected chi connectivity index (χ4v) is 7.76. The first-order valence-electron chi connectivity index (χ1n) is 16.1. The van der Waals surface area contributed by atoms with Crippen molar-refractivity contribution in [2.45, 2.75) is 19.3 Å². The topological polar surface area (TPSA) is 3.24 Å². The molecule has 46 heavy (non-hydrogen) atoms. The third kappa shape index (κ3) is 4.02. The zero-order chi connectivity index (χ0) is 30.8. The maximum Gasteiger partial charge on any atom is 0.0540 e. The van der Waals surface area contributed by atoms with Gasteiger partial charge >= 0.3 is 0 Å². The van der Waals surface area contributed by atoms with Crippen molar-refractivity contribution in [1.82, 2.24) is 0 Å². The largest absolute Gasteiger partial charge is 0.310 e. The monoisotopic (exact) mass is 587 g/mol. The Hall–Kier alpha value is -5.66. The zero-order valence-electron chi connectivity index (χ0n) is 26.0. The van der Waals surface area contributed by atoms with Gasteiger partial charge in [-0.3, -0.25) is 0 Å². The van der Waals surface area contributed by atoms with Crippen LogP contribution >= 0.6 is 0 Å². The SMILES string of the molecule is CC1(C)c2ccccc2-c2cc(N(c3ccc4c(ccc5c6ccccc6ccc45)c3)c3ccccc3-c3ccccc3)ccc21. The maximum atomic E-state index is 2.45. The molecular weight excluding hydrogens is 555 g/mol. The second-order valence-electron chi connectivity index (χ2n) is 13.0. The van der Waals surface area contributed by atoms with Crippen LogP contribution in [0.25, 0.3) is 54.6 Å². The van der Waals surface area contributed by atoms with E-state index in [0.717, 1.165) is 17.1 Å². The van der Waals surface area contributed by atoms with Crippen LogP contribution in [0.15, 0.2) is 164 Å². The van der Waals surface area contributed by atoms with Crippen LogP contribution in [-0.2, 0) is 5.41 Å². The summed E-state index contributed by atoms with van der Waals surface area (Å²) in [7, 11) is 0. The number of rotatable bonds is 4. The second kappa shape index (κ2) is 10.2. The lowest BCUT2D eigenvalue weighted by atomic mass is 9.82. The molecule has 0 spiro atoms. The Labute approximate surface area is 270 Å². The second-order valence-corrected chi connectivity index (χ2v) is 13.0. The highest BCUT2D eigenvalue weighted by atomic mass is 15.1. The summed E-state index contributed by atoms with van der Waals surface area (Å²) in [4.78, 5) is 2.45. The molecule has 218 valence electrons. The first-order chi connectivity index (χ1) is 22.6. The van der Waals surface area contributed by atoms with E-state index in [1.165, 1.54) is 65.7 Å². The van der Waals surface area contributed by atoms with Crippen molar-refractivity contribution in [3.8, 4) is 22.3 Å². The molecule has 0 unspecified atom stereocenters. The molecule has 0 saturated carbocycles. The fraction of sp³-hybridized carbons (Fsp3) is 0.0667. The van der Waals surface area contributed by atoms with Crippen LogP contribution in [-0.4, -0.2) is 0 Å². The van der Waals surface area contributed by atoms with Crippen molar-refractivity contribution in [3.63, 3.8) is 0 Å². The average Bonchev–Trinajstić information content (AvgIpc) is 3.34. The molecular formula is C45H33N. The molecule has 0 atom stereocenters. The van der Waals surface area contributed by atoms with Crippen LogP contribution in [0.3, 0.4) is 0 Å². The van der Waals surface area contributed by atoms with E-state index in [1.54, 1.807) is 0 Å². The fourth-order valence-electron chi connectivity index (χ4n) is 7.76. The Morgan fingerprint density at radius 3 is 1.83 bits per heavy atom. The molecule has 0 fully saturated rings. The predicted octanol–water partition coefficient (Wildman–Crippen LogP) is 12.6. The van der Waals surface area contributed by atoms with Gasteiger partial charge in [0.1, 0.15) is 0 Å². The first-order valence-corrected chi connectivity index (χ1v) is 16.1. The van der Waals surface area contributed by atoms with Gasteiger partial charge in [-0.15, -0.1) is 0 Å². The van der Waals surface area contributed by atoms with Gasteiger partial charge in [-0.25, -0.2) is 0 Å². The van der Waals surface area contributed by atoms with Gasteiger partial charge in [0.15, 0.2) is 0 Å². The minimum Gasteiger partial charge on any atom is -0.310 e. The van der Waals surface area contributed by atoms with E-state index < -0.39 is 0 Å². The molecule has 0 radical (unpaired) electrons. The summed E-state index contributed by atoms with van der Waals surface area (Å²) >= 11 is 0. The minimum absolute atomic E-state index is 0.0363. The van der Waals surface area contributed by atoms with Crippen molar-refractivity contribution >= 4 is 49.4 Å². The molecule has 0 bridgehead atoms. The van der Waals surface area contributed by atoms with Gasteiger partial charge in [-0.1, -0.05) is 147 Å². The van der Waals surface area contributed by atoms with Crippen LogP contribution in [0.4, 0.5) is 17.1 Å². The molecule has 0 saturated heterocycles. The zero-order valence-corrected chi connectivity index (χ0v) is 26.0. The molecule has 0 heterocycles. The van der Waals surface area contributed by atoms with Gasteiger partial charge in [-0.05, 0) is 90.5 Å². The highest BCUT2D eigenvalue weighted by molar-refractivity contribution is 6.17. The summed E-state index contributed by atoms with van der Waals surface area (Å²) in [6.07, 6.45) is 0. The minimum atomic E-state index is -0.0363. The Bertz CT molecular complexity index is 2450. The first kappa shape index (κ1) is 26.7. The molecule has 1 heteroatoms. The van der Waals surface area contributed by atoms with E-state index in [1.807, 2.05) is 0 Å². The molecule has 0 amide bonds. The maximum absolute atomic E-state index is 2.45. The number of benzene rings is 8. The van der Waals surface area contributed by atoms with Gasteiger partial charge in [0.05, 0.1) is 5.69 Å². The molecule has 0 aliphatic heterocycles. The average molecular weight is 588 g/mol. The summed E-state index contributed by atoms with van der Waals surface area (Å²) < 4.78 is 0. The van der Waals surface area contributed by atoms with Crippen LogP contribution in [0.1, 0.15) is 25.0 Å². The van der Waals surface area contributed by atoms with Crippen molar-refractivity contribution in [2.75, 3.05) is 4.90 Å². The van der Waals surface area contributed by atoms with Gasteiger partial charge in [-0.2, -0.15) is 0 Å². The van der Waals surface area contributed by atoms with Gasteiger partial charge in [0.2, 0.25) is 0 Å². The Morgan fingerprint density at radius 2 is 0.978 bits per heavy atom. The summed E-state index contributed by atoms with van der Waals surface area (Å²) in [5.74, 6) is 0. The smallest absolute Gasteiger partial charge is 0.0540 e. The summed E-state index contributed by atoms with van der Waals surface area (Å²) in [5, 5.41) is 7.66. The number of fused-ring (bicyclic) bond motifs is 8. The van der Waals surface area contributed by atoms with Gasteiger partial charge in [0, 0.05) is 22.4 Å². The third-order valence-electron chi connectivity index (χ3n) is 10.0. The molecule has 8 aromatic rings. The number of para-hydroxylation sites is 1. The summed E-state index contributed by atoms with van der Waals surface area (Å²) in [6, 6.07) is 60.2. The van der Waals surface area contributed by atoms with E-state index in [-0.39, 0.29) is 5.41 Å². The van der Waals surface area contributed by atoms with Crippen LogP contribution in [0.2, 0.25) is 0 Å². The van der Waals surface area contributed by atoms with Crippen molar-refractivity contribution in [1.29, 1.82) is 0 Å². The molecule has 0 N–H and O–H groups in total. The van der Waals surface area contributed by atoms with Crippen molar-refractivity contribution < 1.29 is 0 Å². The third-order valence-corrected chi connectivity index (χ3v) is 10.0. The van der Waals surface area contributed by atoms with Crippen LogP contribution < -0.4 is 4.90 Å².